The molecule has 0 spiro atoms. The molecular weight excluding hydrogens is 723 g/mol. The molecule has 2 amide bonds. The molecule has 1 aliphatic carbocycles. The van der Waals surface area contributed by atoms with Crippen LogP contribution in [0.2, 0.25) is 0 Å². The Hall–Kier alpha value is -4.18. The molecule has 53 heavy (non-hydrogen) atoms. The smallest absolute Gasteiger partial charge is 0.411 e. The predicted octanol–water partition coefficient (Wildman–Crippen LogP) is 7.83. The Morgan fingerprint density at radius 3 is 1.89 bits per heavy atom. The highest BCUT2D eigenvalue weighted by Crippen LogP contribution is 2.51. The third kappa shape index (κ3) is 10.5. The van der Waals surface area contributed by atoms with Crippen LogP contribution in [0.5, 0.6) is 0 Å². The summed E-state index contributed by atoms with van der Waals surface area (Å²) in [5.74, 6) is -0.671. The Morgan fingerprint density at radius 1 is 0.774 bits per heavy atom. The fourth-order valence-electron chi connectivity index (χ4n) is 7.09. The number of carbonyl (C=O) groups excluding carboxylic acids is 2. The summed E-state index contributed by atoms with van der Waals surface area (Å²) in [4.78, 5) is 26.5. The Kier molecular flexibility index (Phi) is 13.2. The minimum Gasteiger partial charge on any atom is -0.450 e. The van der Waals surface area contributed by atoms with Gasteiger partial charge in [0.05, 0.1) is 24.7 Å². The van der Waals surface area contributed by atoms with Crippen LogP contribution in [0.1, 0.15) is 90.3 Å². The fraction of sp³-hybridized carbons (Fsp3) is 0.474. The normalized spacial score (nSPS) is 16.9. The van der Waals surface area contributed by atoms with Crippen LogP contribution in [0.25, 0.3) is 5.57 Å². The van der Waals surface area contributed by atoms with E-state index < -0.39 is 43.3 Å². The summed E-state index contributed by atoms with van der Waals surface area (Å²) in [5.41, 5.74) is 6.93. The molecule has 0 radical (unpaired) electrons. The number of nitrogens with one attached hydrogen (secondary N) is 2. The van der Waals surface area contributed by atoms with E-state index in [0.717, 1.165) is 39.2 Å². The molecule has 0 bridgehead atoms. The van der Waals surface area contributed by atoms with Crippen molar-refractivity contribution in [3.8, 4) is 0 Å². The number of nitrogens with zero attached hydrogens (tertiary/aromatic N) is 1. The first kappa shape index (κ1) is 41.6. The van der Waals surface area contributed by atoms with Crippen molar-refractivity contribution in [3.05, 3.63) is 82.6 Å². The molecule has 2 aliphatic rings. The van der Waals surface area contributed by atoms with Crippen molar-refractivity contribution in [1.29, 1.82) is 0 Å². The molecule has 0 fully saturated rings. The van der Waals surface area contributed by atoms with E-state index in [0.29, 0.717) is 37.2 Å². The molecule has 1 heterocycles. The maximum absolute atomic E-state index is 12.2. The third-order valence-electron chi connectivity index (χ3n) is 9.58. The lowest BCUT2D eigenvalue weighted by Gasteiger charge is -2.27. The molecule has 4 N–H and O–H groups in total. The second-order valence-corrected chi connectivity index (χ2v) is 17.3. The van der Waals surface area contributed by atoms with Crippen molar-refractivity contribution in [2.24, 2.45) is 0 Å². The van der Waals surface area contributed by atoms with Crippen molar-refractivity contribution >= 4 is 55.1 Å². The average Bonchev–Trinajstić information content (AvgIpc) is 3.38. The van der Waals surface area contributed by atoms with Gasteiger partial charge in [0, 0.05) is 40.1 Å². The first-order chi connectivity index (χ1) is 24.8. The van der Waals surface area contributed by atoms with Crippen LogP contribution in [0.4, 0.5) is 26.7 Å². The van der Waals surface area contributed by atoms with Crippen LogP contribution in [0.15, 0.2) is 65.9 Å². The molecule has 0 saturated heterocycles. The zero-order valence-electron chi connectivity index (χ0n) is 31.2. The summed E-state index contributed by atoms with van der Waals surface area (Å²) < 4.78 is 74.4. The number of carbonyl (C=O) groups is 2. The second kappa shape index (κ2) is 16.9. The molecule has 4 rings (SSSR count). The number of rotatable bonds is 16. The van der Waals surface area contributed by atoms with Gasteiger partial charge in [0.15, 0.2) is 0 Å². The van der Waals surface area contributed by atoms with Gasteiger partial charge in [-0.3, -0.25) is 19.7 Å². The van der Waals surface area contributed by atoms with Crippen LogP contribution in [-0.2, 0) is 40.5 Å². The van der Waals surface area contributed by atoms with E-state index in [9.17, 15) is 35.5 Å². The third-order valence-corrected chi connectivity index (χ3v) is 11.2. The second-order valence-electron chi connectivity index (χ2n) is 14.1. The molecule has 2 aromatic rings. The molecule has 0 aromatic heterocycles. The van der Waals surface area contributed by atoms with Crippen LogP contribution < -0.4 is 15.5 Å². The lowest BCUT2D eigenvalue weighted by atomic mass is 9.80. The highest BCUT2D eigenvalue weighted by Gasteiger charge is 2.40. The number of hydrogen-bond acceptors (Lipinski definition) is 9. The Morgan fingerprint density at radius 2 is 1.32 bits per heavy atom. The Balaban J connectivity index is 1.73. The monoisotopic (exact) mass is 773 g/mol. The molecule has 2 aromatic carbocycles. The van der Waals surface area contributed by atoms with Crippen LogP contribution in [-0.4, -0.2) is 69.4 Å². The first-order valence-corrected chi connectivity index (χ1v) is 21.0. The van der Waals surface area contributed by atoms with Gasteiger partial charge in [-0.25, -0.2) is 9.59 Å². The maximum atomic E-state index is 12.2. The molecule has 0 unspecified atom stereocenters. The van der Waals surface area contributed by atoms with E-state index in [-0.39, 0.29) is 37.6 Å². The van der Waals surface area contributed by atoms with Gasteiger partial charge in [-0.1, -0.05) is 45.9 Å². The van der Waals surface area contributed by atoms with Gasteiger partial charge in [-0.05, 0) is 110 Å². The van der Waals surface area contributed by atoms with Crippen molar-refractivity contribution < 1.29 is 45.0 Å². The zero-order valence-corrected chi connectivity index (χ0v) is 32.8. The van der Waals surface area contributed by atoms with Gasteiger partial charge in [0.25, 0.3) is 20.2 Å². The highest BCUT2D eigenvalue weighted by molar-refractivity contribution is 7.86. The van der Waals surface area contributed by atoms with Crippen molar-refractivity contribution in [2.75, 3.05) is 46.8 Å². The molecule has 15 heteroatoms. The van der Waals surface area contributed by atoms with Crippen LogP contribution >= 0.6 is 0 Å². The fourth-order valence-corrected chi connectivity index (χ4v) is 8.23. The average molecular weight is 774 g/mol. The number of ether oxygens (including phenoxy) is 2. The van der Waals surface area contributed by atoms with E-state index in [1.54, 1.807) is 19.9 Å². The summed E-state index contributed by atoms with van der Waals surface area (Å²) in [7, 11) is -8.19. The van der Waals surface area contributed by atoms with Crippen molar-refractivity contribution in [3.63, 3.8) is 0 Å². The molecular formula is C38H51N3O10S2. The number of fused-ring (bicyclic) bond motifs is 2. The Labute approximate surface area is 313 Å². The number of unbranched alkanes of at least 4 members (excludes halogenated alkanes) is 2. The molecule has 0 atom stereocenters. The van der Waals surface area contributed by atoms with Gasteiger partial charge >= 0.3 is 12.2 Å². The van der Waals surface area contributed by atoms with Crippen molar-refractivity contribution in [2.45, 2.75) is 84.5 Å². The minimum atomic E-state index is -4.10. The van der Waals surface area contributed by atoms with E-state index in [2.05, 4.69) is 43.2 Å². The molecule has 13 nitrogen and oxygen atoms in total. The van der Waals surface area contributed by atoms with E-state index >= 15 is 0 Å². The number of hydrogen-bond donors (Lipinski definition) is 4. The number of amides is 2. The van der Waals surface area contributed by atoms with E-state index in [1.165, 1.54) is 0 Å². The van der Waals surface area contributed by atoms with Gasteiger partial charge in [0.1, 0.15) is 0 Å². The topological polar surface area (TPSA) is 189 Å². The van der Waals surface area contributed by atoms with Gasteiger partial charge in [-0.2, -0.15) is 16.8 Å². The van der Waals surface area contributed by atoms with Gasteiger partial charge < -0.3 is 14.4 Å². The standard InChI is InChI=1S/C38H51N3O10S2/c1-7-50-35(42)39-26-17-19-29-28(14-9-11-22-52(44,45)46)30(37(3,4)31(29)24-26)15-13-16-34-38(5,6)32-25-27(40-36(43)51-8-2)18-20-33(32)41(34)21-10-12-23-53(47,48)49/h13,15-20,24-25H,7-12,14,21-23H2,1-6H3,(H,39,42)(H,40,43)(H,44,45,46)(H,47,48,49)/b15-13?,34-16+. The van der Waals surface area contributed by atoms with E-state index in [1.807, 2.05) is 48.6 Å². The lowest BCUT2D eigenvalue weighted by Crippen LogP contribution is -2.27. The molecule has 1 aliphatic heterocycles. The summed E-state index contributed by atoms with van der Waals surface area (Å²) >= 11 is 0. The minimum absolute atomic E-state index is 0.231. The van der Waals surface area contributed by atoms with Gasteiger partial charge in [-0.15, -0.1) is 0 Å². The number of allylic oxidation sites excluding steroid dienone is 6. The quantitative estimate of drug-likeness (QED) is 0.0961. The van der Waals surface area contributed by atoms with Crippen molar-refractivity contribution in [1.82, 2.24) is 0 Å². The summed E-state index contributed by atoms with van der Waals surface area (Å²) in [6.07, 6.45) is 7.05. The first-order valence-electron chi connectivity index (χ1n) is 17.8. The summed E-state index contributed by atoms with van der Waals surface area (Å²) in [6.45, 7) is 12.7. The molecule has 290 valence electrons. The predicted molar refractivity (Wildman–Crippen MR) is 208 cm³/mol. The van der Waals surface area contributed by atoms with Crippen LogP contribution in [0, 0.1) is 0 Å². The Bertz CT molecular complexity index is 2020. The summed E-state index contributed by atoms with van der Waals surface area (Å²) in [5, 5.41) is 5.55. The van der Waals surface area contributed by atoms with E-state index in [4.69, 9.17) is 9.47 Å². The molecule has 0 saturated carbocycles. The number of anilines is 3. The highest BCUT2D eigenvalue weighted by atomic mass is 32.2. The maximum Gasteiger partial charge on any atom is 0.411 e. The number of benzene rings is 2. The van der Waals surface area contributed by atoms with Crippen LogP contribution in [0.3, 0.4) is 0 Å². The zero-order chi connectivity index (χ0) is 39.2. The SMILES string of the molecule is CCOC(=O)Nc1ccc2c(c1)C(C)(C)C(C=C/C=C1/N(CCCCS(=O)(=O)O)c3ccc(NC(=O)OCC)cc3C1(C)C)=C2CCCCS(=O)(=O)O. The lowest BCUT2D eigenvalue weighted by molar-refractivity contribution is 0.167. The largest absolute Gasteiger partial charge is 0.450 e. The summed E-state index contributed by atoms with van der Waals surface area (Å²) in [6, 6.07) is 11.3. The van der Waals surface area contributed by atoms with Gasteiger partial charge in [0.2, 0.25) is 0 Å².